The maximum Gasteiger partial charge on any atom is 0.450 e. The van der Waals surface area contributed by atoms with Gasteiger partial charge in [-0.15, -0.1) is 11.3 Å². The number of hydrogen-bond donors (Lipinski definition) is 1. The van der Waals surface area contributed by atoms with E-state index in [9.17, 15) is 4.79 Å². The van der Waals surface area contributed by atoms with Crippen LogP contribution in [0.25, 0.3) is 6.08 Å². The van der Waals surface area contributed by atoms with Crippen LogP contribution in [0.2, 0.25) is 0 Å². The molecule has 1 atom stereocenters. The van der Waals surface area contributed by atoms with E-state index in [0.29, 0.717) is 5.71 Å². The molecule has 2 aromatic rings. The van der Waals surface area contributed by atoms with Crippen LogP contribution in [0.15, 0.2) is 71.3 Å². The van der Waals surface area contributed by atoms with Gasteiger partial charge in [0.15, 0.2) is 5.69 Å². The number of carbonyl (C=O) groups excluding carboxylic acids is 1. The number of carbonyl (C=O) groups is 1. The van der Waals surface area contributed by atoms with Gasteiger partial charge in [-0.3, -0.25) is 0 Å². The topological polar surface area (TPSA) is 55.5 Å². The molecule has 1 aromatic heterocycles. The average Bonchev–Trinajstić information content (AvgIpc) is 3.16. The van der Waals surface area contributed by atoms with Gasteiger partial charge in [0, 0.05) is 23.1 Å². The van der Waals surface area contributed by atoms with Crippen molar-refractivity contribution in [2.75, 3.05) is 0 Å². The number of amides is 2. The summed E-state index contributed by atoms with van der Waals surface area (Å²) in [7, 11) is 0. The molecule has 5 heteroatoms. The zero-order chi connectivity index (χ0) is 14.7. The van der Waals surface area contributed by atoms with Crippen molar-refractivity contribution < 1.29 is 4.79 Å². The number of allylic oxidation sites excluding steroid dienone is 2. The smallest absolute Gasteiger partial charge is 0.316 e. The Balaban J connectivity index is 1.95. The van der Waals surface area contributed by atoms with Gasteiger partial charge in [0.1, 0.15) is 11.9 Å². The van der Waals surface area contributed by atoms with E-state index < -0.39 is 6.03 Å². The van der Waals surface area contributed by atoms with Crippen LogP contribution in [-0.2, 0) is 0 Å². The lowest BCUT2D eigenvalue weighted by atomic mass is 10.3. The molecule has 0 saturated carbocycles. The van der Waals surface area contributed by atoms with Crippen LogP contribution in [0.1, 0.15) is 4.88 Å². The molecule has 2 amide bonds. The van der Waals surface area contributed by atoms with E-state index in [-0.39, 0.29) is 4.59 Å². The predicted molar refractivity (Wildman–Crippen MR) is 87.7 cm³/mol. The number of hydrogen-bond acceptors (Lipinski definition) is 3. The van der Waals surface area contributed by atoms with E-state index in [1.165, 1.54) is 0 Å². The first-order chi connectivity index (χ1) is 10.2. The number of nitrogens with zero attached hydrogens (tertiary/aromatic N) is 2. The van der Waals surface area contributed by atoms with E-state index in [2.05, 4.69) is 5.10 Å². The minimum absolute atomic E-state index is 0.328. The molecule has 0 bridgehead atoms. The molecule has 0 saturated heterocycles. The van der Waals surface area contributed by atoms with Gasteiger partial charge >= 0.3 is 6.03 Å². The fourth-order valence-electron chi connectivity index (χ4n) is 2.12. The Morgan fingerprint density at radius 1 is 1.14 bits per heavy atom. The largest absolute Gasteiger partial charge is 0.450 e. The number of thiophene rings is 1. The van der Waals surface area contributed by atoms with Gasteiger partial charge in [0.2, 0.25) is 0 Å². The van der Waals surface area contributed by atoms with Crippen LogP contribution in [0, 0.1) is 0 Å². The molecular weight excluding hydrogens is 282 g/mol. The molecular formula is C16H14N3OS+. The molecule has 0 fully saturated rings. The van der Waals surface area contributed by atoms with Gasteiger partial charge in [0.25, 0.3) is 0 Å². The summed E-state index contributed by atoms with van der Waals surface area (Å²) >= 11 is 1.65. The van der Waals surface area contributed by atoms with Crippen LogP contribution in [-0.4, -0.2) is 11.7 Å². The monoisotopic (exact) mass is 296 g/mol. The van der Waals surface area contributed by atoms with Crippen molar-refractivity contribution in [3.63, 3.8) is 0 Å². The Kier molecular flexibility index (Phi) is 3.51. The summed E-state index contributed by atoms with van der Waals surface area (Å²) in [6, 6.07) is 12.8. The van der Waals surface area contributed by atoms with Gasteiger partial charge in [-0.2, -0.15) is 0 Å². The molecule has 104 valence electrons. The van der Waals surface area contributed by atoms with Crippen molar-refractivity contribution in [2.45, 2.75) is 0 Å². The standard InChI is InChI=1S/C16H13N3OS/c17-16(20)19(14-5-2-1-3-6-14)11-10-13(18-19)8-9-15-7-4-12-21-15/h1-12H,(H-,17,20)/p+1. The highest BCUT2D eigenvalue weighted by Crippen LogP contribution is 2.28. The molecule has 1 aliphatic rings. The molecule has 1 aromatic carbocycles. The van der Waals surface area contributed by atoms with E-state index >= 15 is 0 Å². The van der Waals surface area contributed by atoms with Crippen molar-refractivity contribution in [1.82, 2.24) is 4.59 Å². The normalized spacial score (nSPS) is 20.9. The van der Waals surface area contributed by atoms with E-state index in [1.54, 1.807) is 17.5 Å². The molecule has 3 rings (SSSR count). The van der Waals surface area contributed by atoms with Gasteiger partial charge in [-0.25, -0.2) is 4.79 Å². The number of nitrogens with two attached hydrogens (primary N) is 1. The van der Waals surface area contributed by atoms with Crippen molar-refractivity contribution in [1.29, 1.82) is 0 Å². The average molecular weight is 296 g/mol. The van der Waals surface area contributed by atoms with Gasteiger partial charge in [0.05, 0.1) is 0 Å². The van der Waals surface area contributed by atoms with Gasteiger partial charge in [-0.1, -0.05) is 34.0 Å². The quantitative estimate of drug-likeness (QED) is 0.862. The Morgan fingerprint density at radius 3 is 2.62 bits per heavy atom. The lowest BCUT2D eigenvalue weighted by molar-refractivity contribution is 0.227. The van der Waals surface area contributed by atoms with Crippen LogP contribution in [0.4, 0.5) is 10.5 Å². The van der Waals surface area contributed by atoms with Crippen molar-refractivity contribution in [3.8, 4) is 0 Å². The van der Waals surface area contributed by atoms with Crippen molar-refractivity contribution >= 4 is 34.8 Å². The van der Waals surface area contributed by atoms with Crippen LogP contribution in [0.3, 0.4) is 0 Å². The highest BCUT2D eigenvalue weighted by molar-refractivity contribution is 7.10. The van der Waals surface area contributed by atoms with E-state index in [0.717, 1.165) is 10.6 Å². The Bertz CT molecular complexity index is 732. The number of urea groups is 1. The first-order valence-corrected chi connectivity index (χ1v) is 7.34. The van der Waals surface area contributed by atoms with Gasteiger partial charge < -0.3 is 5.73 Å². The number of benzene rings is 1. The minimum Gasteiger partial charge on any atom is -0.316 e. The Hall–Kier alpha value is -2.50. The first kappa shape index (κ1) is 13.5. The highest BCUT2D eigenvalue weighted by atomic mass is 32.1. The third-order valence-electron chi connectivity index (χ3n) is 3.18. The first-order valence-electron chi connectivity index (χ1n) is 6.46. The second kappa shape index (κ2) is 5.47. The van der Waals surface area contributed by atoms with Crippen LogP contribution in [0.5, 0.6) is 0 Å². The lowest BCUT2D eigenvalue weighted by Gasteiger charge is -2.19. The summed E-state index contributed by atoms with van der Waals surface area (Å²) in [5.41, 5.74) is 7.01. The third kappa shape index (κ3) is 2.56. The molecule has 2 heterocycles. The molecule has 0 spiro atoms. The number of rotatable bonds is 3. The number of para-hydroxylation sites is 1. The fourth-order valence-corrected chi connectivity index (χ4v) is 2.74. The molecule has 4 nitrogen and oxygen atoms in total. The SMILES string of the molecule is NC(=O)[N+]1(c2ccccc2)C=CC(C=Cc2cccs2)=N1. The predicted octanol–water partition coefficient (Wildman–Crippen LogP) is 3.73. The molecule has 21 heavy (non-hydrogen) atoms. The zero-order valence-corrected chi connectivity index (χ0v) is 12.0. The highest BCUT2D eigenvalue weighted by Gasteiger charge is 2.39. The summed E-state index contributed by atoms with van der Waals surface area (Å²) in [5.74, 6) is 0. The maximum atomic E-state index is 11.9. The molecule has 0 aliphatic carbocycles. The summed E-state index contributed by atoms with van der Waals surface area (Å²) in [5, 5.41) is 6.49. The maximum absolute atomic E-state index is 11.9. The second-order valence-electron chi connectivity index (χ2n) is 4.55. The summed E-state index contributed by atoms with van der Waals surface area (Å²) < 4.78 is -0.328. The molecule has 1 unspecified atom stereocenters. The van der Waals surface area contributed by atoms with E-state index in [1.807, 2.05) is 66.1 Å². The van der Waals surface area contributed by atoms with E-state index in [4.69, 9.17) is 5.73 Å². The van der Waals surface area contributed by atoms with Crippen LogP contribution >= 0.6 is 11.3 Å². The third-order valence-corrected chi connectivity index (χ3v) is 4.02. The van der Waals surface area contributed by atoms with Gasteiger partial charge in [-0.05, 0) is 23.6 Å². The molecule has 2 N–H and O–H groups in total. The minimum atomic E-state index is -0.531. The second-order valence-corrected chi connectivity index (χ2v) is 5.53. The number of primary amides is 1. The fraction of sp³-hybridized carbons (Fsp3) is 0. The van der Waals surface area contributed by atoms with Crippen molar-refractivity contribution in [3.05, 3.63) is 71.1 Å². The Morgan fingerprint density at radius 2 is 1.95 bits per heavy atom. The van der Waals surface area contributed by atoms with Crippen LogP contribution < -0.4 is 10.3 Å². The summed E-state index contributed by atoms with van der Waals surface area (Å²) in [6.07, 6.45) is 7.36. The molecule has 0 radical (unpaired) electrons. The van der Waals surface area contributed by atoms with Crippen molar-refractivity contribution in [2.24, 2.45) is 10.8 Å². The Labute approximate surface area is 126 Å². The lowest BCUT2D eigenvalue weighted by Crippen LogP contribution is -2.47. The summed E-state index contributed by atoms with van der Waals surface area (Å²) in [6.45, 7) is 0. The zero-order valence-electron chi connectivity index (χ0n) is 11.2. The molecule has 1 aliphatic heterocycles. The summed E-state index contributed by atoms with van der Waals surface area (Å²) in [4.78, 5) is 13.1. The number of quaternary nitrogens is 1.